The Bertz CT molecular complexity index is 566. The van der Waals surface area contributed by atoms with Crippen LogP contribution in [0.5, 0.6) is 0 Å². The zero-order valence-corrected chi connectivity index (χ0v) is 12.3. The summed E-state index contributed by atoms with van der Waals surface area (Å²) >= 11 is 0. The zero-order chi connectivity index (χ0) is 14.8. The SMILES string of the molecule is C[C@@H](O)CC(C)(C)CNC(=O)c1cc2ccccn2c1. The maximum absolute atomic E-state index is 12.2. The first-order valence-corrected chi connectivity index (χ1v) is 6.90. The number of nitrogens with one attached hydrogen (secondary N) is 1. The molecule has 108 valence electrons. The second-order valence-electron chi connectivity index (χ2n) is 6.16. The number of aromatic nitrogens is 1. The maximum Gasteiger partial charge on any atom is 0.252 e. The Morgan fingerprint density at radius 3 is 2.85 bits per heavy atom. The molecule has 1 amide bonds. The average Bonchev–Trinajstić information content (AvgIpc) is 2.78. The van der Waals surface area contributed by atoms with Crippen LogP contribution >= 0.6 is 0 Å². The molecule has 0 unspecified atom stereocenters. The van der Waals surface area contributed by atoms with Crippen molar-refractivity contribution in [2.45, 2.75) is 33.3 Å². The summed E-state index contributed by atoms with van der Waals surface area (Å²) in [7, 11) is 0. The van der Waals surface area contributed by atoms with Gasteiger partial charge in [-0.1, -0.05) is 19.9 Å². The molecule has 0 fully saturated rings. The van der Waals surface area contributed by atoms with Gasteiger partial charge in [-0.3, -0.25) is 4.79 Å². The predicted molar refractivity (Wildman–Crippen MR) is 79.8 cm³/mol. The van der Waals surface area contributed by atoms with Gasteiger partial charge in [0.05, 0.1) is 11.7 Å². The lowest BCUT2D eigenvalue weighted by Crippen LogP contribution is -2.35. The van der Waals surface area contributed by atoms with Crippen LogP contribution in [0.3, 0.4) is 0 Å². The summed E-state index contributed by atoms with van der Waals surface area (Å²) in [4.78, 5) is 12.2. The quantitative estimate of drug-likeness (QED) is 0.880. The molecule has 4 heteroatoms. The molecule has 0 saturated heterocycles. The normalized spacial score (nSPS) is 13.4. The van der Waals surface area contributed by atoms with E-state index in [0.717, 1.165) is 5.52 Å². The van der Waals surface area contributed by atoms with Crippen molar-refractivity contribution in [3.63, 3.8) is 0 Å². The van der Waals surface area contributed by atoms with Crippen LogP contribution in [-0.4, -0.2) is 28.1 Å². The molecule has 0 aliphatic heterocycles. The Kier molecular flexibility index (Phi) is 4.14. The number of carbonyl (C=O) groups is 1. The monoisotopic (exact) mass is 274 g/mol. The predicted octanol–water partition coefficient (Wildman–Crippen LogP) is 2.47. The minimum Gasteiger partial charge on any atom is -0.393 e. The van der Waals surface area contributed by atoms with Gasteiger partial charge in [0, 0.05) is 24.5 Å². The van der Waals surface area contributed by atoms with Gasteiger partial charge >= 0.3 is 0 Å². The third-order valence-corrected chi connectivity index (χ3v) is 3.34. The molecular formula is C16H22N2O2. The Morgan fingerprint density at radius 1 is 1.45 bits per heavy atom. The van der Waals surface area contributed by atoms with Gasteiger partial charge in [0.1, 0.15) is 0 Å². The highest BCUT2D eigenvalue weighted by molar-refractivity contribution is 5.95. The zero-order valence-electron chi connectivity index (χ0n) is 12.3. The van der Waals surface area contributed by atoms with Crippen LogP contribution in [0.2, 0.25) is 0 Å². The summed E-state index contributed by atoms with van der Waals surface area (Å²) < 4.78 is 1.93. The standard InChI is InChI=1S/C16H22N2O2/c1-12(19)9-16(2,3)11-17-15(20)13-8-14-6-4-5-7-18(14)10-13/h4-8,10,12,19H,9,11H2,1-3H3,(H,17,20)/t12-/m1/s1. The molecule has 0 spiro atoms. The van der Waals surface area contributed by atoms with E-state index in [4.69, 9.17) is 0 Å². The number of hydrogen-bond donors (Lipinski definition) is 2. The van der Waals surface area contributed by atoms with E-state index in [1.54, 1.807) is 6.92 Å². The molecule has 0 aromatic carbocycles. The molecule has 2 N–H and O–H groups in total. The van der Waals surface area contributed by atoms with Gasteiger partial charge < -0.3 is 14.8 Å². The lowest BCUT2D eigenvalue weighted by atomic mass is 9.87. The minimum absolute atomic E-state index is 0.0765. The second kappa shape index (κ2) is 5.67. The van der Waals surface area contributed by atoms with E-state index in [1.165, 1.54) is 0 Å². The van der Waals surface area contributed by atoms with Crippen molar-refractivity contribution < 1.29 is 9.90 Å². The van der Waals surface area contributed by atoms with Crippen LogP contribution in [-0.2, 0) is 0 Å². The topological polar surface area (TPSA) is 53.7 Å². The molecule has 0 saturated carbocycles. The summed E-state index contributed by atoms with van der Waals surface area (Å²) in [5.74, 6) is -0.0765. The van der Waals surface area contributed by atoms with E-state index >= 15 is 0 Å². The fourth-order valence-corrected chi connectivity index (χ4v) is 2.47. The van der Waals surface area contributed by atoms with E-state index in [-0.39, 0.29) is 17.4 Å². The van der Waals surface area contributed by atoms with Crippen molar-refractivity contribution in [3.05, 3.63) is 42.2 Å². The highest BCUT2D eigenvalue weighted by Crippen LogP contribution is 2.21. The number of pyridine rings is 1. The molecule has 0 radical (unpaired) electrons. The van der Waals surface area contributed by atoms with Gasteiger partial charge in [-0.2, -0.15) is 0 Å². The van der Waals surface area contributed by atoms with E-state index in [2.05, 4.69) is 5.32 Å². The molecule has 2 aromatic heterocycles. The highest BCUT2D eigenvalue weighted by Gasteiger charge is 2.21. The van der Waals surface area contributed by atoms with Crippen molar-refractivity contribution in [2.75, 3.05) is 6.54 Å². The van der Waals surface area contributed by atoms with E-state index < -0.39 is 0 Å². The first-order chi connectivity index (χ1) is 9.37. The lowest BCUT2D eigenvalue weighted by molar-refractivity contribution is 0.0902. The molecule has 2 heterocycles. The maximum atomic E-state index is 12.2. The van der Waals surface area contributed by atoms with Gasteiger partial charge in [-0.05, 0) is 37.0 Å². The number of aliphatic hydroxyl groups is 1. The highest BCUT2D eigenvalue weighted by atomic mass is 16.3. The van der Waals surface area contributed by atoms with Crippen LogP contribution in [0.15, 0.2) is 36.7 Å². The minimum atomic E-state index is -0.362. The van der Waals surface area contributed by atoms with Crippen LogP contribution < -0.4 is 5.32 Å². The Balaban J connectivity index is 2.01. The summed E-state index contributed by atoms with van der Waals surface area (Å²) in [6.07, 6.45) is 4.04. The smallest absolute Gasteiger partial charge is 0.252 e. The van der Waals surface area contributed by atoms with Gasteiger partial charge in [-0.15, -0.1) is 0 Å². The first kappa shape index (κ1) is 14.6. The third kappa shape index (κ3) is 3.61. The van der Waals surface area contributed by atoms with Crippen molar-refractivity contribution in [1.29, 1.82) is 0 Å². The van der Waals surface area contributed by atoms with E-state index in [9.17, 15) is 9.90 Å². The molecule has 20 heavy (non-hydrogen) atoms. The number of fused-ring (bicyclic) bond motifs is 1. The van der Waals surface area contributed by atoms with E-state index in [1.807, 2.05) is 54.9 Å². The largest absolute Gasteiger partial charge is 0.393 e. The van der Waals surface area contributed by atoms with Gasteiger partial charge in [0.25, 0.3) is 5.91 Å². The fraction of sp³-hybridized carbons (Fsp3) is 0.438. The van der Waals surface area contributed by atoms with Crippen LogP contribution in [0.1, 0.15) is 37.6 Å². The summed E-state index contributed by atoms with van der Waals surface area (Å²) in [5, 5.41) is 12.4. The summed E-state index contributed by atoms with van der Waals surface area (Å²) in [5.41, 5.74) is 1.54. The van der Waals surface area contributed by atoms with Crippen molar-refractivity contribution >= 4 is 11.4 Å². The van der Waals surface area contributed by atoms with Crippen LogP contribution in [0.4, 0.5) is 0 Å². The Morgan fingerprint density at radius 2 is 2.20 bits per heavy atom. The lowest BCUT2D eigenvalue weighted by Gasteiger charge is -2.26. The fourth-order valence-electron chi connectivity index (χ4n) is 2.47. The molecule has 2 rings (SSSR count). The molecule has 2 aromatic rings. The second-order valence-corrected chi connectivity index (χ2v) is 6.16. The van der Waals surface area contributed by atoms with Gasteiger partial charge in [0.2, 0.25) is 0 Å². The number of nitrogens with zero attached hydrogens (tertiary/aromatic N) is 1. The molecular weight excluding hydrogens is 252 g/mol. The Labute approximate surface area is 119 Å². The molecule has 0 aliphatic carbocycles. The van der Waals surface area contributed by atoms with Crippen molar-refractivity contribution in [2.24, 2.45) is 5.41 Å². The number of hydrogen-bond acceptors (Lipinski definition) is 2. The number of aliphatic hydroxyl groups excluding tert-OH is 1. The first-order valence-electron chi connectivity index (χ1n) is 6.90. The number of rotatable bonds is 5. The Hall–Kier alpha value is -1.81. The van der Waals surface area contributed by atoms with Gasteiger partial charge in [0.15, 0.2) is 0 Å². The molecule has 4 nitrogen and oxygen atoms in total. The van der Waals surface area contributed by atoms with Crippen molar-refractivity contribution in [3.8, 4) is 0 Å². The summed E-state index contributed by atoms with van der Waals surface area (Å²) in [6.45, 7) is 6.39. The van der Waals surface area contributed by atoms with Crippen molar-refractivity contribution in [1.82, 2.24) is 9.72 Å². The van der Waals surface area contributed by atoms with Gasteiger partial charge in [-0.25, -0.2) is 0 Å². The van der Waals surface area contributed by atoms with Crippen LogP contribution in [0, 0.1) is 5.41 Å². The number of carbonyl (C=O) groups excluding carboxylic acids is 1. The molecule has 0 aliphatic rings. The molecule has 0 bridgehead atoms. The van der Waals surface area contributed by atoms with Crippen LogP contribution in [0.25, 0.3) is 5.52 Å². The average molecular weight is 274 g/mol. The summed E-state index contributed by atoms with van der Waals surface area (Å²) in [6, 6.07) is 7.72. The molecule has 1 atom stereocenters. The van der Waals surface area contributed by atoms with E-state index in [0.29, 0.717) is 18.5 Å². The number of amides is 1. The third-order valence-electron chi connectivity index (χ3n) is 3.34.